The molecule has 0 aliphatic heterocycles. The van der Waals surface area contributed by atoms with E-state index in [1.807, 2.05) is 20.8 Å². The Morgan fingerprint density at radius 3 is 2.53 bits per heavy atom. The van der Waals surface area contributed by atoms with Gasteiger partial charge < -0.3 is 10.3 Å². The van der Waals surface area contributed by atoms with Crippen molar-refractivity contribution < 1.29 is 4.79 Å². The molecule has 0 unspecified atom stereocenters. The molecule has 0 radical (unpaired) electrons. The molecule has 4 nitrogen and oxygen atoms in total. The summed E-state index contributed by atoms with van der Waals surface area (Å²) in [5.41, 5.74) is 0.660. The van der Waals surface area contributed by atoms with E-state index in [1.165, 1.54) is 0 Å². The summed E-state index contributed by atoms with van der Waals surface area (Å²) < 4.78 is 0. The molecular formula is C13H23N3O. The number of Topliss-reactive ketones (excluding diaryl/α,β-unsaturated/α-hetero) is 1. The van der Waals surface area contributed by atoms with Gasteiger partial charge in [-0.25, -0.2) is 4.98 Å². The van der Waals surface area contributed by atoms with Crippen LogP contribution in [0, 0.1) is 5.41 Å². The van der Waals surface area contributed by atoms with E-state index in [-0.39, 0.29) is 23.3 Å². The fourth-order valence-electron chi connectivity index (χ4n) is 1.77. The number of ketones is 1. The van der Waals surface area contributed by atoms with Gasteiger partial charge >= 0.3 is 0 Å². The van der Waals surface area contributed by atoms with Crippen LogP contribution in [0.5, 0.6) is 0 Å². The summed E-state index contributed by atoms with van der Waals surface area (Å²) in [5.74, 6) is 0.237. The molecule has 0 saturated heterocycles. The third-order valence-electron chi connectivity index (χ3n) is 2.57. The Hall–Kier alpha value is -1.16. The number of carbonyl (C=O) groups excluding carboxylic acids is 1. The maximum Gasteiger partial charge on any atom is 0.155 e. The van der Waals surface area contributed by atoms with E-state index in [0.29, 0.717) is 6.42 Å². The van der Waals surface area contributed by atoms with Crippen LogP contribution in [0.1, 0.15) is 40.3 Å². The van der Waals surface area contributed by atoms with Crippen LogP contribution in [-0.4, -0.2) is 27.8 Å². The molecule has 0 fully saturated rings. The monoisotopic (exact) mass is 237 g/mol. The van der Waals surface area contributed by atoms with E-state index >= 15 is 0 Å². The van der Waals surface area contributed by atoms with Gasteiger partial charge in [0.15, 0.2) is 5.78 Å². The number of nitrogens with zero attached hydrogens (tertiary/aromatic N) is 1. The van der Waals surface area contributed by atoms with Gasteiger partial charge in [0.25, 0.3) is 0 Å². The number of aromatic nitrogens is 2. The van der Waals surface area contributed by atoms with Gasteiger partial charge in [-0.15, -0.1) is 0 Å². The highest BCUT2D eigenvalue weighted by Crippen LogP contribution is 2.18. The zero-order valence-electron chi connectivity index (χ0n) is 11.4. The standard InChI is InChI=1S/C13H23N3O/c1-9(2)16-11(12(17)13(3,4)5)6-10-7-14-8-15-10/h7-9,11,16H,6H2,1-5H3,(H,14,15)/t11-/m1/s1. The van der Waals surface area contributed by atoms with Gasteiger partial charge in [0.1, 0.15) is 0 Å². The summed E-state index contributed by atoms with van der Waals surface area (Å²) in [4.78, 5) is 19.4. The van der Waals surface area contributed by atoms with Crippen LogP contribution in [0.25, 0.3) is 0 Å². The molecular weight excluding hydrogens is 214 g/mol. The number of H-pyrrole nitrogens is 1. The molecule has 0 aliphatic carbocycles. The molecule has 0 saturated carbocycles. The van der Waals surface area contributed by atoms with Gasteiger partial charge in [0, 0.05) is 29.8 Å². The second kappa shape index (κ2) is 5.45. The van der Waals surface area contributed by atoms with Crippen LogP contribution in [-0.2, 0) is 11.2 Å². The summed E-state index contributed by atoms with van der Waals surface area (Å²) in [6.07, 6.45) is 4.07. The second-order valence-corrected chi connectivity index (χ2v) is 5.77. The molecule has 1 rings (SSSR count). The van der Waals surface area contributed by atoms with E-state index in [9.17, 15) is 4.79 Å². The minimum atomic E-state index is -0.327. The van der Waals surface area contributed by atoms with Gasteiger partial charge in [-0.3, -0.25) is 4.79 Å². The molecule has 0 amide bonds. The summed E-state index contributed by atoms with van der Waals surface area (Å²) >= 11 is 0. The quantitative estimate of drug-likeness (QED) is 0.822. The Morgan fingerprint density at radius 2 is 2.12 bits per heavy atom. The van der Waals surface area contributed by atoms with E-state index < -0.39 is 0 Å². The van der Waals surface area contributed by atoms with Crippen molar-refractivity contribution in [3.63, 3.8) is 0 Å². The van der Waals surface area contributed by atoms with E-state index in [2.05, 4.69) is 29.1 Å². The van der Waals surface area contributed by atoms with Crippen LogP contribution in [0.3, 0.4) is 0 Å². The number of nitrogens with one attached hydrogen (secondary N) is 2. The SMILES string of the molecule is CC(C)N[C@H](Cc1cnc[nH]1)C(=O)C(C)(C)C. The first-order chi connectivity index (χ1) is 7.80. The van der Waals surface area contributed by atoms with Gasteiger partial charge in [-0.2, -0.15) is 0 Å². The Kier molecular flexibility index (Phi) is 4.46. The molecule has 2 N–H and O–H groups in total. The maximum absolute atomic E-state index is 12.3. The number of aromatic amines is 1. The minimum Gasteiger partial charge on any atom is -0.348 e. The summed E-state index contributed by atoms with van der Waals surface area (Å²) in [6.45, 7) is 9.97. The van der Waals surface area contributed by atoms with Crippen LogP contribution in [0.4, 0.5) is 0 Å². The highest BCUT2D eigenvalue weighted by molar-refractivity contribution is 5.88. The Morgan fingerprint density at radius 1 is 1.47 bits per heavy atom. The molecule has 1 aromatic rings. The number of carbonyl (C=O) groups is 1. The van der Waals surface area contributed by atoms with Crippen molar-refractivity contribution >= 4 is 5.78 Å². The number of imidazole rings is 1. The second-order valence-electron chi connectivity index (χ2n) is 5.77. The minimum absolute atomic E-state index is 0.157. The molecule has 1 atom stereocenters. The molecule has 96 valence electrons. The summed E-state index contributed by atoms with van der Waals surface area (Å²) in [6, 6.07) is 0.129. The summed E-state index contributed by atoms with van der Waals surface area (Å²) in [5, 5.41) is 3.33. The van der Waals surface area contributed by atoms with Crippen molar-refractivity contribution in [2.45, 2.75) is 53.1 Å². The first-order valence-electron chi connectivity index (χ1n) is 6.08. The van der Waals surface area contributed by atoms with Gasteiger partial charge in [0.2, 0.25) is 0 Å². The Bertz CT molecular complexity index is 349. The normalized spacial score (nSPS) is 14.0. The first-order valence-corrected chi connectivity index (χ1v) is 6.08. The van der Waals surface area contributed by atoms with Crippen molar-refractivity contribution in [3.8, 4) is 0 Å². The molecule has 17 heavy (non-hydrogen) atoms. The Labute approximate surface area is 103 Å². The average molecular weight is 237 g/mol. The third kappa shape index (κ3) is 4.30. The van der Waals surface area contributed by atoms with Crippen LogP contribution in [0.15, 0.2) is 12.5 Å². The van der Waals surface area contributed by atoms with Crippen molar-refractivity contribution in [1.29, 1.82) is 0 Å². The average Bonchev–Trinajstić information content (AvgIpc) is 2.66. The molecule has 0 bridgehead atoms. The topological polar surface area (TPSA) is 57.8 Å². The first kappa shape index (κ1) is 13.9. The predicted octanol–water partition coefficient (Wildman–Crippen LogP) is 1.93. The molecule has 1 aromatic heterocycles. The molecule has 0 spiro atoms. The lowest BCUT2D eigenvalue weighted by atomic mass is 9.84. The molecule has 0 aliphatic rings. The lowest BCUT2D eigenvalue weighted by Crippen LogP contribution is -2.47. The van der Waals surface area contributed by atoms with Gasteiger partial charge in [0.05, 0.1) is 12.4 Å². The number of rotatable bonds is 5. The fourth-order valence-corrected chi connectivity index (χ4v) is 1.77. The van der Waals surface area contributed by atoms with Crippen molar-refractivity contribution in [2.75, 3.05) is 0 Å². The highest BCUT2D eigenvalue weighted by Gasteiger charge is 2.30. The molecule has 1 heterocycles. The van der Waals surface area contributed by atoms with Crippen LogP contribution in [0.2, 0.25) is 0 Å². The smallest absolute Gasteiger partial charge is 0.155 e. The maximum atomic E-state index is 12.3. The van der Waals surface area contributed by atoms with E-state index in [1.54, 1.807) is 12.5 Å². The number of hydrogen-bond donors (Lipinski definition) is 2. The van der Waals surface area contributed by atoms with Crippen LogP contribution < -0.4 is 5.32 Å². The zero-order valence-corrected chi connectivity index (χ0v) is 11.4. The third-order valence-corrected chi connectivity index (χ3v) is 2.57. The van der Waals surface area contributed by atoms with Crippen molar-refractivity contribution in [1.82, 2.24) is 15.3 Å². The van der Waals surface area contributed by atoms with Gasteiger partial charge in [-0.05, 0) is 0 Å². The highest BCUT2D eigenvalue weighted by atomic mass is 16.1. The lowest BCUT2D eigenvalue weighted by molar-refractivity contribution is -0.128. The van der Waals surface area contributed by atoms with Crippen molar-refractivity contribution in [2.24, 2.45) is 5.41 Å². The number of hydrogen-bond acceptors (Lipinski definition) is 3. The fraction of sp³-hybridized carbons (Fsp3) is 0.692. The van der Waals surface area contributed by atoms with E-state index in [0.717, 1.165) is 5.69 Å². The van der Waals surface area contributed by atoms with Gasteiger partial charge in [-0.1, -0.05) is 34.6 Å². The largest absolute Gasteiger partial charge is 0.348 e. The molecule has 0 aromatic carbocycles. The lowest BCUT2D eigenvalue weighted by Gasteiger charge is -2.26. The molecule has 4 heteroatoms. The van der Waals surface area contributed by atoms with Crippen LogP contribution >= 0.6 is 0 Å². The van der Waals surface area contributed by atoms with Crippen molar-refractivity contribution in [3.05, 3.63) is 18.2 Å². The zero-order chi connectivity index (χ0) is 13.1. The summed E-state index contributed by atoms with van der Waals surface area (Å²) in [7, 11) is 0. The van der Waals surface area contributed by atoms with E-state index in [4.69, 9.17) is 0 Å². The Balaban J connectivity index is 2.77. The predicted molar refractivity (Wildman–Crippen MR) is 68.8 cm³/mol.